The number of nitrogens with one attached hydrogen (secondary N) is 3. The summed E-state index contributed by atoms with van der Waals surface area (Å²) in [5.74, 6) is 0.112. The normalized spacial score (nSPS) is 15.0. The van der Waals surface area contributed by atoms with Gasteiger partial charge >= 0.3 is 0 Å². The molecule has 2 aromatic carbocycles. The number of nitrogens with zero attached hydrogens (tertiary/aromatic N) is 1. The fraction of sp³-hybridized carbons (Fsp3) is 0.400. The highest BCUT2D eigenvalue weighted by molar-refractivity contribution is 6.31. The van der Waals surface area contributed by atoms with E-state index in [2.05, 4.69) is 47.7 Å². The van der Waals surface area contributed by atoms with E-state index in [0.717, 1.165) is 48.5 Å². The highest BCUT2D eigenvalue weighted by Gasteiger charge is 2.21. The van der Waals surface area contributed by atoms with Crippen LogP contribution in [0.1, 0.15) is 62.8 Å². The predicted octanol–water partition coefficient (Wildman–Crippen LogP) is 6.97. The quantitative estimate of drug-likeness (QED) is 0.231. The van der Waals surface area contributed by atoms with Crippen molar-refractivity contribution in [2.75, 3.05) is 5.32 Å². The fourth-order valence-corrected chi connectivity index (χ4v) is 5.68. The van der Waals surface area contributed by atoms with Crippen LogP contribution in [0.5, 0.6) is 0 Å². The molecule has 1 unspecified atom stereocenters. The Hall–Kier alpha value is -3.05. The van der Waals surface area contributed by atoms with Crippen LogP contribution in [-0.4, -0.2) is 28.0 Å². The van der Waals surface area contributed by atoms with Crippen molar-refractivity contribution in [1.82, 2.24) is 15.3 Å². The molecule has 2 atom stereocenters. The van der Waals surface area contributed by atoms with E-state index in [4.69, 9.17) is 16.6 Å². The average Bonchev–Trinajstić information content (AvgIpc) is 3.30. The second kappa shape index (κ2) is 10.9. The van der Waals surface area contributed by atoms with Gasteiger partial charge in [-0.3, -0.25) is 9.78 Å². The van der Waals surface area contributed by atoms with E-state index in [-0.39, 0.29) is 18.0 Å². The van der Waals surface area contributed by atoms with Gasteiger partial charge in [0.1, 0.15) is 0 Å². The molecule has 2 heterocycles. The van der Waals surface area contributed by atoms with E-state index >= 15 is 0 Å². The van der Waals surface area contributed by atoms with Gasteiger partial charge in [0.2, 0.25) is 5.91 Å². The number of rotatable bonds is 9. The number of hydrogen-bond donors (Lipinski definition) is 3. The molecule has 1 amide bonds. The first-order chi connectivity index (χ1) is 17.5. The van der Waals surface area contributed by atoms with Crippen molar-refractivity contribution in [3.05, 3.63) is 70.5 Å². The lowest BCUT2D eigenvalue weighted by Gasteiger charge is -2.27. The summed E-state index contributed by atoms with van der Waals surface area (Å²) in [4.78, 5) is 21.1. The van der Waals surface area contributed by atoms with E-state index in [9.17, 15) is 4.79 Å². The average molecular weight is 503 g/mol. The zero-order valence-electron chi connectivity index (χ0n) is 21.2. The van der Waals surface area contributed by atoms with E-state index in [1.165, 1.54) is 40.7 Å². The number of anilines is 1. The summed E-state index contributed by atoms with van der Waals surface area (Å²) in [5.41, 5.74) is 7.00. The number of aromatic amines is 1. The largest absolute Gasteiger partial charge is 0.382 e. The van der Waals surface area contributed by atoms with Crippen LogP contribution in [0, 0.1) is 0 Å². The molecule has 1 aliphatic rings. The second-order valence-corrected chi connectivity index (χ2v) is 10.5. The second-order valence-electron chi connectivity index (χ2n) is 10.1. The predicted molar refractivity (Wildman–Crippen MR) is 150 cm³/mol. The Kier molecular flexibility index (Phi) is 7.47. The van der Waals surface area contributed by atoms with Crippen LogP contribution in [0.4, 0.5) is 5.69 Å². The molecule has 6 heteroatoms. The summed E-state index contributed by atoms with van der Waals surface area (Å²) in [7, 11) is 0. The summed E-state index contributed by atoms with van der Waals surface area (Å²) < 4.78 is 0. The minimum absolute atomic E-state index is 0.112. The van der Waals surface area contributed by atoms with Crippen molar-refractivity contribution in [2.45, 2.75) is 77.3 Å². The number of benzene rings is 2. The Morgan fingerprint density at radius 2 is 1.97 bits per heavy atom. The lowest BCUT2D eigenvalue weighted by molar-refractivity contribution is -0.121. The Labute approximate surface area is 218 Å². The number of fused-ring (bicyclic) bond motifs is 3. The molecule has 3 N–H and O–H groups in total. The molecule has 36 heavy (non-hydrogen) atoms. The van der Waals surface area contributed by atoms with E-state index in [0.29, 0.717) is 11.4 Å². The van der Waals surface area contributed by atoms with Gasteiger partial charge in [0.15, 0.2) is 0 Å². The number of aromatic nitrogens is 2. The zero-order valence-corrected chi connectivity index (χ0v) is 21.9. The maximum Gasteiger partial charge on any atom is 0.220 e. The van der Waals surface area contributed by atoms with Crippen molar-refractivity contribution in [1.29, 1.82) is 0 Å². The molecule has 5 nitrogen and oxygen atoms in total. The van der Waals surface area contributed by atoms with Gasteiger partial charge in [-0.25, -0.2) is 0 Å². The standard InChI is InChI=1S/C30H35ClN4O/c1-3-22(34-29(36)15-12-20-18-32-26-10-6-4-8-23(20)26)16-19(2)33-30-24-9-5-7-11-27(24)35-28-17-21(31)13-14-25(28)30/h4,6,8,10,13-14,17-19,22,32H,3,5,7,9,11-12,15-16H2,1-2H3,(H,33,35)(H,34,36)/t19-,22?/m0/s1. The van der Waals surface area contributed by atoms with Gasteiger partial charge in [-0.2, -0.15) is 0 Å². The molecule has 0 bridgehead atoms. The molecule has 188 valence electrons. The Balaban J connectivity index is 1.24. The van der Waals surface area contributed by atoms with Crippen molar-refractivity contribution in [3.8, 4) is 0 Å². The van der Waals surface area contributed by atoms with Crippen molar-refractivity contribution < 1.29 is 4.79 Å². The third-order valence-corrected chi connectivity index (χ3v) is 7.64. The molecule has 5 rings (SSSR count). The molecular weight excluding hydrogens is 468 g/mol. The third-order valence-electron chi connectivity index (χ3n) is 7.41. The lowest BCUT2D eigenvalue weighted by atomic mass is 9.92. The molecule has 0 saturated carbocycles. The Morgan fingerprint density at radius 1 is 1.14 bits per heavy atom. The summed E-state index contributed by atoms with van der Waals surface area (Å²) >= 11 is 6.28. The van der Waals surface area contributed by atoms with Gasteiger partial charge < -0.3 is 15.6 Å². The van der Waals surface area contributed by atoms with Crippen LogP contribution in [0.2, 0.25) is 5.02 Å². The van der Waals surface area contributed by atoms with Gasteiger partial charge in [-0.15, -0.1) is 0 Å². The first-order valence-electron chi connectivity index (χ1n) is 13.2. The number of para-hydroxylation sites is 1. The van der Waals surface area contributed by atoms with Crippen LogP contribution in [0.3, 0.4) is 0 Å². The molecular formula is C30H35ClN4O. The number of hydrogen-bond acceptors (Lipinski definition) is 3. The summed E-state index contributed by atoms with van der Waals surface area (Å²) in [6.07, 6.45) is 9.46. The SMILES string of the molecule is CCC(C[C@H](C)Nc1c2c(nc3cc(Cl)ccc13)CCCC2)NC(=O)CCc1c[nH]c2ccccc12. The number of amides is 1. The zero-order chi connectivity index (χ0) is 25.1. The maximum atomic E-state index is 12.8. The van der Waals surface area contributed by atoms with Crippen molar-refractivity contribution in [2.24, 2.45) is 0 Å². The third kappa shape index (κ3) is 5.36. The maximum absolute atomic E-state index is 12.8. The summed E-state index contributed by atoms with van der Waals surface area (Å²) in [6, 6.07) is 14.6. The molecule has 0 aliphatic heterocycles. The highest BCUT2D eigenvalue weighted by Crippen LogP contribution is 2.35. The number of carbonyl (C=O) groups is 1. The smallest absolute Gasteiger partial charge is 0.220 e. The number of halogens is 1. The van der Waals surface area contributed by atoms with Crippen LogP contribution in [0.15, 0.2) is 48.7 Å². The van der Waals surface area contributed by atoms with E-state index < -0.39 is 0 Å². The number of H-pyrrole nitrogens is 1. The molecule has 0 fully saturated rings. The number of aryl methyl sites for hydroxylation is 2. The number of carbonyl (C=O) groups excluding carboxylic acids is 1. The van der Waals surface area contributed by atoms with Gasteiger partial charge in [-0.05, 0) is 87.3 Å². The van der Waals surface area contributed by atoms with Gasteiger partial charge in [0.25, 0.3) is 0 Å². The Morgan fingerprint density at radius 3 is 2.83 bits per heavy atom. The fourth-order valence-electron chi connectivity index (χ4n) is 5.51. The molecule has 2 aromatic heterocycles. The van der Waals surface area contributed by atoms with Crippen LogP contribution in [-0.2, 0) is 24.1 Å². The number of pyridine rings is 1. The van der Waals surface area contributed by atoms with Crippen LogP contribution >= 0.6 is 11.6 Å². The van der Waals surface area contributed by atoms with Gasteiger partial charge in [0, 0.05) is 57.4 Å². The first-order valence-corrected chi connectivity index (χ1v) is 13.6. The monoisotopic (exact) mass is 502 g/mol. The lowest BCUT2D eigenvalue weighted by Crippen LogP contribution is -2.38. The van der Waals surface area contributed by atoms with E-state index in [1.54, 1.807) is 0 Å². The highest BCUT2D eigenvalue weighted by atomic mass is 35.5. The van der Waals surface area contributed by atoms with Gasteiger partial charge in [0.05, 0.1) is 5.52 Å². The first kappa shape index (κ1) is 24.6. The topological polar surface area (TPSA) is 69.8 Å². The van der Waals surface area contributed by atoms with Crippen molar-refractivity contribution >= 4 is 45.0 Å². The minimum atomic E-state index is 0.112. The molecule has 0 saturated heterocycles. The van der Waals surface area contributed by atoms with Crippen molar-refractivity contribution in [3.63, 3.8) is 0 Å². The molecule has 1 aliphatic carbocycles. The minimum Gasteiger partial charge on any atom is -0.382 e. The molecule has 4 aromatic rings. The Bertz CT molecular complexity index is 1380. The summed E-state index contributed by atoms with van der Waals surface area (Å²) in [5, 5.41) is 10.1. The molecule has 0 spiro atoms. The van der Waals surface area contributed by atoms with Crippen LogP contribution < -0.4 is 10.6 Å². The van der Waals surface area contributed by atoms with Crippen LogP contribution in [0.25, 0.3) is 21.8 Å². The van der Waals surface area contributed by atoms with Gasteiger partial charge in [-0.1, -0.05) is 36.7 Å². The molecule has 0 radical (unpaired) electrons. The van der Waals surface area contributed by atoms with E-state index in [1.807, 2.05) is 30.5 Å². The summed E-state index contributed by atoms with van der Waals surface area (Å²) in [6.45, 7) is 4.35.